The molecule has 0 amide bonds. The number of ketones is 1. The third kappa shape index (κ3) is 72.7. The molecule has 0 aliphatic carbocycles. The van der Waals surface area contributed by atoms with Gasteiger partial charge in [-0.2, -0.15) is 0 Å². The molecule has 0 saturated heterocycles. The number of carbonyl (C=O) groups is 3. The van der Waals surface area contributed by atoms with Gasteiger partial charge < -0.3 is 34.0 Å². The van der Waals surface area contributed by atoms with Gasteiger partial charge in [-0.3, -0.25) is 13.2 Å². The van der Waals surface area contributed by atoms with E-state index in [2.05, 4.69) is 0 Å². The Morgan fingerprint density at radius 1 is 1.10 bits per heavy atom. The summed E-state index contributed by atoms with van der Waals surface area (Å²) in [6.45, 7) is 2.07. The standard InChI is InChI=1S/C3H6O3.C3H4O3.K.Mg.Na.H2O4S/c2*1-2(4)3(5)6;;;;1-5(2,3)4/h2,4H,1H3,(H,5,6);1H3,(H,5,6);;;;(H2,1,2,3,4)/q;;+1;+2;+1;/p-4. The van der Waals surface area contributed by atoms with Crippen molar-refractivity contribution in [3.05, 3.63) is 0 Å². The summed E-state index contributed by atoms with van der Waals surface area (Å²) in [5.74, 6) is -4.00. The molecule has 102 valence electrons. The van der Waals surface area contributed by atoms with Crippen LogP contribution in [0.3, 0.4) is 0 Å². The number of carboxylic acids is 2. The molecule has 1 unspecified atom stereocenters. The number of carboxylic acid groups (broad SMARTS) is 2. The largest absolute Gasteiger partial charge is 2.00 e. The fourth-order valence-electron chi connectivity index (χ4n) is 0. The van der Waals surface area contributed by atoms with E-state index in [4.69, 9.17) is 22.6 Å². The van der Waals surface area contributed by atoms with E-state index in [1.807, 2.05) is 0 Å². The minimum atomic E-state index is -5.17. The maximum atomic E-state index is 9.48. The number of aliphatic carboxylic acids is 2. The molecule has 1 atom stereocenters. The van der Waals surface area contributed by atoms with Gasteiger partial charge in [0, 0.05) is 17.3 Å². The topological polar surface area (TPSA) is 198 Å². The zero-order valence-electron chi connectivity index (χ0n) is 11.3. The SMILES string of the molecule is CC(=O)C(=O)[O-].CC(O)C(=O)[O-].O=S(=O)([O-])[O-].[K+].[Mg+2].[Na+]. The Hall–Kier alpha value is 1.84. The van der Waals surface area contributed by atoms with E-state index in [9.17, 15) is 24.6 Å². The summed E-state index contributed by atoms with van der Waals surface area (Å²) in [5.41, 5.74) is 0. The van der Waals surface area contributed by atoms with E-state index in [0.29, 0.717) is 0 Å². The number of Topliss-reactive ketones (excluding diaryl/α,β-unsaturated/α-hetero) is 1. The Bertz CT molecular complexity index is 350. The third-order valence-corrected chi connectivity index (χ3v) is 0.629. The molecule has 0 aliphatic heterocycles. The molecule has 0 fully saturated rings. The zero-order valence-corrected chi connectivity index (χ0v) is 18.7. The minimum Gasteiger partial charge on any atom is -0.759 e. The Morgan fingerprint density at radius 2 is 1.20 bits per heavy atom. The monoisotopic (exact) mass is 358 g/mol. The third-order valence-electron chi connectivity index (χ3n) is 0.629. The predicted octanol–water partition coefficient (Wildman–Crippen LogP) is -11.3. The van der Waals surface area contributed by atoms with Crippen molar-refractivity contribution in [3.63, 3.8) is 0 Å². The quantitative estimate of drug-likeness (QED) is 0.214. The molecular weight excluding hydrogens is 351 g/mol. The second kappa shape index (κ2) is 20.8. The van der Waals surface area contributed by atoms with Crippen LogP contribution in [0.5, 0.6) is 0 Å². The van der Waals surface area contributed by atoms with Crippen molar-refractivity contribution in [2.75, 3.05) is 0 Å². The minimum absolute atomic E-state index is 0. The van der Waals surface area contributed by atoms with Crippen LogP contribution >= 0.6 is 0 Å². The number of aliphatic hydroxyl groups is 1. The molecule has 14 heteroatoms. The molecular formula is C6H8KMgNaO10S. The van der Waals surface area contributed by atoms with E-state index < -0.39 is 34.2 Å². The van der Waals surface area contributed by atoms with Crippen molar-refractivity contribution in [1.29, 1.82) is 0 Å². The molecule has 0 rings (SSSR count). The molecule has 0 saturated carbocycles. The molecule has 1 N–H and O–H groups in total. The molecule has 10 nitrogen and oxygen atoms in total. The van der Waals surface area contributed by atoms with Crippen LogP contribution in [-0.4, -0.2) is 69.5 Å². The van der Waals surface area contributed by atoms with Crippen molar-refractivity contribution in [2.45, 2.75) is 20.0 Å². The van der Waals surface area contributed by atoms with Gasteiger partial charge in [-0.15, -0.1) is 0 Å². The van der Waals surface area contributed by atoms with E-state index in [1.165, 1.54) is 0 Å². The fourth-order valence-corrected chi connectivity index (χ4v) is 0. The first-order chi connectivity index (χ1) is 7.29. The number of carbonyl (C=O) groups excluding carboxylic acids is 3. The molecule has 20 heavy (non-hydrogen) atoms. The Balaban J connectivity index is -0.0000000343. The molecule has 0 radical (unpaired) electrons. The molecule has 0 spiro atoms. The van der Waals surface area contributed by atoms with Crippen molar-refractivity contribution in [1.82, 2.24) is 0 Å². The van der Waals surface area contributed by atoms with E-state index in [0.717, 1.165) is 13.8 Å². The smallest absolute Gasteiger partial charge is 0.759 e. The summed E-state index contributed by atoms with van der Waals surface area (Å²) in [5, 5.41) is 26.5. The second-order valence-corrected chi connectivity index (χ2v) is 3.06. The molecule has 0 aromatic heterocycles. The Labute approximate surface area is 196 Å². The fraction of sp³-hybridized carbons (Fsp3) is 0.500. The van der Waals surface area contributed by atoms with Gasteiger partial charge in [-0.1, -0.05) is 0 Å². The van der Waals surface area contributed by atoms with Crippen LogP contribution in [0.1, 0.15) is 13.8 Å². The summed E-state index contributed by atoms with van der Waals surface area (Å²) in [4.78, 5) is 28.1. The molecule has 0 aromatic carbocycles. The van der Waals surface area contributed by atoms with Crippen molar-refractivity contribution in [3.8, 4) is 0 Å². The summed E-state index contributed by atoms with van der Waals surface area (Å²) >= 11 is 0. The first kappa shape index (κ1) is 37.8. The van der Waals surface area contributed by atoms with Crippen molar-refractivity contribution >= 4 is 51.2 Å². The molecule has 0 aliphatic rings. The zero-order chi connectivity index (χ0) is 14.8. The molecule has 0 heterocycles. The van der Waals surface area contributed by atoms with Crippen LogP contribution in [0.2, 0.25) is 0 Å². The van der Waals surface area contributed by atoms with Gasteiger partial charge in [0.25, 0.3) is 0 Å². The van der Waals surface area contributed by atoms with Gasteiger partial charge in [0.15, 0.2) is 5.78 Å². The van der Waals surface area contributed by atoms with Crippen LogP contribution in [0.15, 0.2) is 0 Å². The van der Waals surface area contributed by atoms with Crippen LogP contribution in [0.4, 0.5) is 0 Å². The van der Waals surface area contributed by atoms with Crippen LogP contribution in [0.25, 0.3) is 0 Å². The number of aliphatic hydroxyl groups excluding tert-OH is 1. The van der Waals surface area contributed by atoms with Gasteiger partial charge in [0.2, 0.25) is 0 Å². The summed E-state index contributed by atoms with van der Waals surface area (Å²) in [7, 11) is -5.17. The van der Waals surface area contributed by atoms with Crippen LogP contribution in [0, 0.1) is 0 Å². The Morgan fingerprint density at radius 3 is 1.20 bits per heavy atom. The normalized spacial score (nSPS) is 9.25. The van der Waals surface area contributed by atoms with Gasteiger partial charge in [0.05, 0.1) is 12.1 Å². The Kier molecular flexibility index (Phi) is 39.4. The van der Waals surface area contributed by atoms with Gasteiger partial charge in [-0.05, 0) is 6.92 Å². The number of rotatable bonds is 2. The van der Waals surface area contributed by atoms with E-state index >= 15 is 0 Å². The predicted molar refractivity (Wildman–Crippen MR) is 48.6 cm³/mol. The van der Waals surface area contributed by atoms with E-state index in [-0.39, 0.29) is 104 Å². The average molecular weight is 359 g/mol. The van der Waals surface area contributed by atoms with Crippen LogP contribution < -0.4 is 91.2 Å². The first-order valence-electron chi connectivity index (χ1n) is 3.56. The number of hydrogen-bond acceptors (Lipinski definition) is 10. The first-order valence-corrected chi connectivity index (χ1v) is 4.89. The van der Waals surface area contributed by atoms with Crippen molar-refractivity contribution < 1.29 is 128 Å². The van der Waals surface area contributed by atoms with Gasteiger partial charge >= 0.3 is 104 Å². The average Bonchev–Trinajstić information content (AvgIpc) is 2.01. The summed E-state index contributed by atoms with van der Waals surface area (Å²) in [6.07, 6.45) is -1.34. The maximum Gasteiger partial charge on any atom is 2.00 e. The molecule has 0 bridgehead atoms. The molecule has 0 aromatic rings. The van der Waals surface area contributed by atoms with Gasteiger partial charge in [-0.25, -0.2) is 0 Å². The second-order valence-electron chi connectivity index (χ2n) is 2.25. The summed E-state index contributed by atoms with van der Waals surface area (Å²) in [6, 6.07) is 0. The maximum absolute atomic E-state index is 9.48. The van der Waals surface area contributed by atoms with Crippen molar-refractivity contribution in [2.24, 2.45) is 0 Å². The summed E-state index contributed by atoms with van der Waals surface area (Å²) < 4.78 is 34.1. The number of hydrogen-bond donors (Lipinski definition) is 1. The van der Waals surface area contributed by atoms with Crippen LogP contribution in [-0.2, 0) is 24.8 Å². The van der Waals surface area contributed by atoms with E-state index in [1.54, 1.807) is 0 Å². The van der Waals surface area contributed by atoms with Gasteiger partial charge in [0.1, 0.15) is 5.97 Å².